The first-order valence-corrected chi connectivity index (χ1v) is 13.6. The second-order valence-electron chi connectivity index (χ2n) is 9.67. The lowest BCUT2D eigenvalue weighted by Crippen LogP contribution is -2.33. The molecule has 2 aromatic heterocycles. The van der Waals surface area contributed by atoms with Gasteiger partial charge in [-0.3, -0.25) is 9.78 Å². The van der Waals surface area contributed by atoms with E-state index >= 15 is 0 Å². The van der Waals surface area contributed by atoms with Crippen molar-refractivity contribution < 1.29 is 23.5 Å². The second-order valence-corrected chi connectivity index (χ2v) is 9.67. The smallest absolute Gasteiger partial charge is 0.328 e. The van der Waals surface area contributed by atoms with Gasteiger partial charge in [0.2, 0.25) is 5.89 Å². The van der Waals surface area contributed by atoms with Crippen molar-refractivity contribution in [3.05, 3.63) is 132 Å². The van der Waals surface area contributed by atoms with Crippen molar-refractivity contribution in [2.75, 3.05) is 19.0 Å². The number of para-hydroxylation sites is 1. The molecule has 8 heteroatoms. The monoisotopic (exact) mass is 561 g/mol. The van der Waals surface area contributed by atoms with Gasteiger partial charge in [0.15, 0.2) is 5.78 Å². The molecule has 0 spiro atoms. The van der Waals surface area contributed by atoms with Gasteiger partial charge in [-0.15, -0.1) is 0 Å². The summed E-state index contributed by atoms with van der Waals surface area (Å²) in [6.45, 7) is 2.34. The molecule has 8 nitrogen and oxygen atoms in total. The number of esters is 1. The Morgan fingerprint density at radius 3 is 2.43 bits per heavy atom. The van der Waals surface area contributed by atoms with Crippen molar-refractivity contribution in [3.8, 4) is 17.2 Å². The van der Waals surface area contributed by atoms with Gasteiger partial charge in [0, 0.05) is 47.6 Å². The summed E-state index contributed by atoms with van der Waals surface area (Å²) in [6, 6.07) is 27.2. The van der Waals surface area contributed by atoms with Crippen LogP contribution in [-0.4, -0.2) is 41.5 Å². The van der Waals surface area contributed by atoms with Crippen LogP contribution in [0.3, 0.4) is 0 Å². The van der Waals surface area contributed by atoms with Crippen LogP contribution in [0.1, 0.15) is 32.9 Å². The second kappa shape index (κ2) is 13.4. The molecular weight excluding hydrogens is 530 g/mol. The molecule has 5 aromatic rings. The maximum atomic E-state index is 13.1. The number of carbonyl (C=O) groups is 2. The molecule has 212 valence electrons. The van der Waals surface area contributed by atoms with Crippen LogP contribution in [0.15, 0.2) is 108 Å². The fourth-order valence-corrected chi connectivity index (χ4v) is 4.57. The lowest BCUT2D eigenvalue weighted by atomic mass is 10.0. The van der Waals surface area contributed by atoms with Crippen LogP contribution in [0.2, 0.25) is 0 Å². The van der Waals surface area contributed by atoms with E-state index in [1.807, 2.05) is 67.6 Å². The van der Waals surface area contributed by atoms with E-state index in [-0.39, 0.29) is 5.78 Å². The zero-order valence-electron chi connectivity index (χ0n) is 23.4. The van der Waals surface area contributed by atoms with Gasteiger partial charge in [-0.25, -0.2) is 9.78 Å². The van der Waals surface area contributed by atoms with Gasteiger partial charge in [-0.2, -0.15) is 0 Å². The normalized spacial score (nSPS) is 11.5. The highest BCUT2D eigenvalue weighted by molar-refractivity contribution is 6.12. The van der Waals surface area contributed by atoms with Crippen molar-refractivity contribution in [2.24, 2.45) is 0 Å². The first-order valence-electron chi connectivity index (χ1n) is 13.6. The standard InChI is InChI=1S/C34H31N3O5/c1-23-29(37-33(42-23)25-9-4-3-5-10-25)18-20-41-27-16-14-24(15-17-27)21-31(34(39)40-2)36-30-13-7-6-12-28(30)32(38)26-11-8-19-35-22-26/h3-17,19,22,31,36H,18,20-21H2,1-2H3. The number of hydrogen-bond donors (Lipinski definition) is 1. The molecule has 0 saturated heterocycles. The minimum absolute atomic E-state index is 0.187. The molecule has 0 aliphatic rings. The van der Waals surface area contributed by atoms with Gasteiger partial charge in [-0.1, -0.05) is 42.5 Å². The third-order valence-corrected chi connectivity index (χ3v) is 6.80. The molecule has 0 saturated carbocycles. The van der Waals surface area contributed by atoms with Crippen LogP contribution in [-0.2, 0) is 22.4 Å². The van der Waals surface area contributed by atoms with E-state index in [2.05, 4.69) is 15.3 Å². The minimum atomic E-state index is -0.710. The molecule has 1 unspecified atom stereocenters. The third kappa shape index (κ3) is 6.90. The maximum absolute atomic E-state index is 13.1. The number of benzene rings is 3. The summed E-state index contributed by atoms with van der Waals surface area (Å²) in [6.07, 6.45) is 4.09. The highest BCUT2D eigenvalue weighted by Gasteiger charge is 2.23. The van der Waals surface area contributed by atoms with E-state index in [0.29, 0.717) is 47.9 Å². The first-order chi connectivity index (χ1) is 20.5. The fourth-order valence-electron chi connectivity index (χ4n) is 4.57. The van der Waals surface area contributed by atoms with Crippen molar-refractivity contribution in [1.82, 2.24) is 9.97 Å². The Bertz CT molecular complexity index is 1630. The Kier molecular flexibility index (Phi) is 9.03. The molecule has 5 rings (SSSR count). The highest BCUT2D eigenvalue weighted by atomic mass is 16.5. The summed E-state index contributed by atoms with van der Waals surface area (Å²) in [5.74, 6) is 1.46. The summed E-state index contributed by atoms with van der Waals surface area (Å²) in [5, 5.41) is 3.22. The predicted octanol–water partition coefficient (Wildman–Crippen LogP) is 6.09. The molecule has 0 bridgehead atoms. The van der Waals surface area contributed by atoms with Gasteiger partial charge in [0.25, 0.3) is 0 Å². The molecule has 0 aliphatic heterocycles. The number of methoxy groups -OCH3 is 1. The molecule has 42 heavy (non-hydrogen) atoms. The van der Waals surface area contributed by atoms with Gasteiger partial charge in [-0.05, 0) is 61.0 Å². The summed E-state index contributed by atoms with van der Waals surface area (Å²) < 4.78 is 16.9. The van der Waals surface area contributed by atoms with Gasteiger partial charge in [0.1, 0.15) is 17.6 Å². The van der Waals surface area contributed by atoms with Crippen LogP contribution >= 0.6 is 0 Å². The predicted molar refractivity (Wildman–Crippen MR) is 160 cm³/mol. The zero-order valence-corrected chi connectivity index (χ0v) is 23.4. The van der Waals surface area contributed by atoms with E-state index in [4.69, 9.17) is 13.9 Å². The molecule has 2 heterocycles. The average molecular weight is 562 g/mol. The third-order valence-electron chi connectivity index (χ3n) is 6.80. The fraction of sp³-hybridized carbons (Fsp3) is 0.176. The molecule has 0 radical (unpaired) electrons. The van der Waals surface area contributed by atoms with Crippen molar-refractivity contribution in [2.45, 2.75) is 25.8 Å². The number of pyridine rings is 1. The number of nitrogens with one attached hydrogen (secondary N) is 1. The summed E-state index contributed by atoms with van der Waals surface area (Å²) in [4.78, 5) is 34.5. The first kappa shape index (κ1) is 28.3. The lowest BCUT2D eigenvalue weighted by molar-refractivity contribution is -0.141. The van der Waals surface area contributed by atoms with E-state index in [9.17, 15) is 9.59 Å². The van der Waals surface area contributed by atoms with Gasteiger partial charge >= 0.3 is 5.97 Å². The van der Waals surface area contributed by atoms with Crippen LogP contribution in [0.25, 0.3) is 11.5 Å². The van der Waals surface area contributed by atoms with E-state index in [1.54, 1.807) is 36.5 Å². The Hall–Kier alpha value is -5.24. The molecule has 1 N–H and O–H groups in total. The van der Waals surface area contributed by atoms with E-state index in [1.165, 1.54) is 13.3 Å². The number of oxazole rings is 1. The van der Waals surface area contributed by atoms with Crippen molar-refractivity contribution in [1.29, 1.82) is 0 Å². The Morgan fingerprint density at radius 2 is 1.69 bits per heavy atom. The maximum Gasteiger partial charge on any atom is 0.328 e. The SMILES string of the molecule is COC(=O)C(Cc1ccc(OCCc2nc(-c3ccccc3)oc2C)cc1)Nc1ccccc1C(=O)c1cccnc1. The molecule has 0 fully saturated rings. The van der Waals surface area contributed by atoms with Crippen LogP contribution in [0.4, 0.5) is 5.69 Å². The van der Waals surface area contributed by atoms with Crippen LogP contribution in [0.5, 0.6) is 5.75 Å². The number of carbonyl (C=O) groups excluding carboxylic acids is 2. The highest BCUT2D eigenvalue weighted by Crippen LogP contribution is 2.24. The number of ketones is 1. The number of aryl methyl sites for hydroxylation is 1. The minimum Gasteiger partial charge on any atom is -0.493 e. The topological polar surface area (TPSA) is 104 Å². The average Bonchev–Trinajstić information content (AvgIpc) is 3.42. The number of rotatable bonds is 12. The number of aromatic nitrogens is 2. The van der Waals surface area contributed by atoms with E-state index < -0.39 is 12.0 Å². The molecule has 0 amide bonds. The Balaban J connectivity index is 1.21. The number of ether oxygens (including phenoxy) is 2. The van der Waals surface area contributed by atoms with Gasteiger partial charge in [0.05, 0.1) is 19.4 Å². The lowest BCUT2D eigenvalue weighted by Gasteiger charge is -2.20. The number of nitrogens with zero attached hydrogens (tertiary/aromatic N) is 2. The Labute approximate surface area is 244 Å². The summed E-state index contributed by atoms with van der Waals surface area (Å²) >= 11 is 0. The number of anilines is 1. The molecule has 3 aromatic carbocycles. The Morgan fingerprint density at radius 1 is 0.929 bits per heavy atom. The molecule has 0 aliphatic carbocycles. The quantitative estimate of drug-likeness (QED) is 0.144. The van der Waals surface area contributed by atoms with Crippen molar-refractivity contribution in [3.63, 3.8) is 0 Å². The van der Waals surface area contributed by atoms with Crippen LogP contribution in [0, 0.1) is 6.92 Å². The summed E-state index contributed by atoms with van der Waals surface area (Å²) in [7, 11) is 1.35. The van der Waals surface area contributed by atoms with E-state index in [0.717, 1.165) is 22.6 Å². The largest absolute Gasteiger partial charge is 0.493 e. The van der Waals surface area contributed by atoms with Crippen LogP contribution < -0.4 is 10.1 Å². The van der Waals surface area contributed by atoms with Crippen molar-refractivity contribution >= 4 is 17.4 Å². The molecule has 1 atom stereocenters. The summed E-state index contributed by atoms with van der Waals surface area (Å²) in [5.41, 5.74) is 4.15. The number of hydrogen-bond acceptors (Lipinski definition) is 8. The van der Waals surface area contributed by atoms with Gasteiger partial charge < -0.3 is 19.2 Å². The molecular formula is C34H31N3O5. The zero-order chi connectivity index (χ0) is 29.3.